The molecule has 0 spiro atoms. The van der Waals surface area contributed by atoms with Crippen LogP contribution in [0, 0.1) is 0 Å². The maximum Gasteiger partial charge on any atom is 0.333 e. The van der Waals surface area contributed by atoms with Gasteiger partial charge in [0.1, 0.15) is 6.61 Å². The highest BCUT2D eigenvalue weighted by atomic mass is 16.7. The topological polar surface area (TPSA) is 88.7 Å². The molecule has 0 rings (SSSR count). The predicted molar refractivity (Wildman–Crippen MR) is 62.0 cm³/mol. The molecule has 0 aromatic rings. The molecule has 0 aliphatic heterocycles. The maximum atomic E-state index is 11.2. The van der Waals surface area contributed by atoms with Gasteiger partial charge in [-0.25, -0.2) is 10.2 Å². The van der Waals surface area contributed by atoms with Crippen LogP contribution >= 0.6 is 0 Å². The van der Waals surface area contributed by atoms with Gasteiger partial charge in [0.15, 0.2) is 6.29 Å². The first-order chi connectivity index (χ1) is 8.13. The van der Waals surface area contributed by atoms with E-state index in [1.807, 2.05) is 6.92 Å². The van der Waals surface area contributed by atoms with Crippen LogP contribution in [-0.4, -0.2) is 38.5 Å². The number of rotatable bonds is 7. The van der Waals surface area contributed by atoms with Gasteiger partial charge < -0.3 is 14.8 Å². The lowest BCUT2D eigenvalue weighted by atomic mass is 10.3. The van der Waals surface area contributed by atoms with Gasteiger partial charge in [-0.1, -0.05) is 13.3 Å². The zero-order valence-electron chi connectivity index (χ0n) is 10.5. The van der Waals surface area contributed by atoms with Crippen molar-refractivity contribution >= 4 is 11.9 Å². The van der Waals surface area contributed by atoms with Gasteiger partial charge in [-0.2, -0.15) is 0 Å². The molecule has 0 bridgehead atoms. The smallest absolute Gasteiger partial charge is 0.333 e. The summed E-state index contributed by atoms with van der Waals surface area (Å²) in [5.74, 6) is -0.436. The standard InChI is InChI=1S/C10H21N3O4/c1-4-6-9(16-3)17-7-8(14)12-13-10(15)11-5-2/h9H,4-7H2,1-3H3,(H,12,14)(H2,11,13,15). The van der Waals surface area contributed by atoms with E-state index in [0.717, 1.165) is 6.42 Å². The molecule has 17 heavy (non-hydrogen) atoms. The lowest BCUT2D eigenvalue weighted by Gasteiger charge is -2.15. The maximum absolute atomic E-state index is 11.2. The second-order valence-electron chi connectivity index (χ2n) is 3.30. The van der Waals surface area contributed by atoms with E-state index in [0.29, 0.717) is 13.0 Å². The summed E-state index contributed by atoms with van der Waals surface area (Å²) < 4.78 is 10.2. The summed E-state index contributed by atoms with van der Waals surface area (Å²) in [6.07, 6.45) is 1.22. The number of carbonyl (C=O) groups excluding carboxylic acids is 2. The molecule has 0 heterocycles. The fourth-order valence-electron chi connectivity index (χ4n) is 1.04. The van der Waals surface area contributed by atoms with E-state index in [4.69, 9.17) is 9.47 Å². The van der Waals surface area contributed by atoms with E-state index in [2.05, 4.69) is 16.2 Å². The van der Waals surface area contributed by atoms with Gasteiger partial charge in [-0.3, -0.25) is 10.2 Å². The molecule has 0 saturated heterocycles. The van der Waals surface area contributed by atoms with Crippen LogP contribution in [0.3, 0.4) is 0 Å². The van der Waals surface area contributed by atoms with Crippen LogP contribution in [0.5, 0.6) is 0 Å². The highest BCUT2D eigenvalue weighted by molar-refractivity contribution is 5.81. The lowest BCUT2D eigenvalue weighted by molar-refractivity contribution is -0.150. The van der Waals surface area contributed by atoms with Gasteiger partial charge in [0, 0.05) is 13.7 Å². The first-order valence-corrected chi connectivity index (χ1v) is 5.61. The van der Waals surface area contributed by atoms with Crippen LogP contribution in [0.4, 0.5) is 4.79 Å². The molecule has 7 heteroatoms. The quantitative estimate of drug-likeness (QED) is 0.440. The van der Waals surface area contributed by atoms with Crippen LogP contribution < -0.4 is 16.2 Å². The highest BCUT2D eigenvalue weighted by Gasteiger charge is 2.09. The number of methoxy groups -OCH3 is 1. The second-order valence-corrected chi connectivity index (χ2v) is 3.30. The monoisotopic (exact) mass is 247 g/mol. The molecule has 0 radical (unpaired) electrons. The minimum atomic E-state index is -0.460. The normalized spacial score (nSPS) is 11.7. The summed E-state index contributed by atoms with van der Waals surface area (Å²) in [5.41, 5.74) is 4.39. The van der Waals surface area contributed by atoms with Crippen molar-refractivity contribution in [1.29, 1.82) is 0 Å². The number of carbonyl (C=O) groups is 2. The summed E-state index contributed by atoms with van der Waals surface area (Å²) in [6.45, 7) is 4.09. The molecule has 0 aromatic carbocycles. The first kappa shape index (κ1) is 15.7. The van der Waals surface area contributed by atoms with Crippen molar-refractivity contribution in [3.8, 4) is 0 Å². The number of hydrogen-bond donors (Lipinski definition) is 3. The van der Waals surface area contributed by atoms with Gasteiger partial charge in [0.05, 0.1) is 0 Å². The number of amides is 3. The van der Waals surface area contributed by atoms with Crippen molar-refractivity contribution in [3.05, 3.63) is 0 Å². The van der Waals surface area contributed by atoms with Crippen LogP contribution in [0.25, 0.3) is 0 Å². The Balaban J connectivity index is 3.67. The largest absolute Gasteiger partial charge is 0.356 e. The molecule has 0 fully saturated rings. The summed E-state index contributed by atoms with van der Waals surface area (Å²) in [5, 5.41) is 2.47. The lowest BCUT2D eigenvalue weighted by Crippen LogP contribution is -2.48. The molecule has 0 saturated carbocycles. The van der Waals surface area contributed by atoms with Crippen LogP contribution in [-0.2, 0) is 14.3 Å². The Hall–Kier alpha value is -1.34. The molecular formula is C10H21N3O4. The SMILES string of the molecule is CCCC(OC)OCC(=O)NNC(=O)NCC. The van der Waals surface area contributed by atoms with Crippen LogP contribution in [0.2, 0.25) is 0 Å². The average molecular weight is 247 g/mol. The highest BCUT2D eigenvalue weighted by Crippen LogP contribution is 2.01. The summed E-state index contributed by atoms with van der Waals surface area (Å²) >= 11 is 0. The first-order valence-electron chi connectivity index (χ1n) is 5.61. The van der Waals surface area contributed by atoms with E-state index in [1.54, 1.807) is 6.92 Å². The van der Waals surface area contributed by atoms with E-state index in [1.165, 1.54) is 7.11 Å². The number of urea groups is 1. The van der Waals surface area contributed by atoms with Crippen molar-refractivity contribution in [2.45, 2.75) is 33.0 Å². The van der Waals surface area contributed by atoms with Crippen molar-refractivity contribution < 1.29 is 19.1 Å². The Morgan fingerprint density at radius 1 is 1.24 bits per heavy atom. The summed E-state index contributed by atoms with van der Waals surface area (Å²) in [7, 11) is 1.52. The Bertz CT molecular complexity index is 236. The molecule has 0 aliphatic rings. The van der Waals surface area contributed by atoms with Gasteiger partial charge in [-0.15, -0.1) is 0 Å². The van der Waals surface area contributed by atoms with Gasteiger partial charge in [0.25, 0.3) is 5.91 Å². The Morgan fingerprint density at radius 3 is 2.47 bits per heavy atom. The van der Waals surface area contributed by atoms with E-state index in [-0.39, 0.29) is 6.61 Å². The Labute approximate surface area is 101 Å². The third kappa shape index (κ3) is 8.47. The molecule has 7 nitrogen and oxygen atoms in total. The molecule has 3 N–H and O–H groups in total. The number of nitrogens with one attached hydrogen (secondary N) is 3. The van der Waals surface area contributed by atoms with E-state index < -0.39 is 18.2 Å². The average Bonchev–Trinajstić information content (AvgIpc) is 2.32. The van der Waals surface area contributed by atoms with Gasteiger partial charge in [0.2, 0.25) is 0 Å². The number of hydrazine groups is 1. The van der Waals surface area contributed by atoms with Gasteiger partial charge in [-0.05, 0) is 13.3 Å². The van der Waals surface area contributed by atoms with Gasteiger partial charge >= 0.3 is 6.03 Å². The molecule has 3 amide bonds. The molecule has 0 aliphatic carbocycles. The summed E-state index contributed by atoms with van der Waals surface area (Å²) in [4.78, 5) is 22.2. The number of hydrogen-bond acceptors (Lipinski definition) is 4. The van der Waals surface area contributed by atoms with Crippen molar-refractivity contribution in [3.63, 3.8) is 0 Å². The van der Waals surface area contributed by atoms with Crippen LogP contribution in [0.1, 0.15) is 26.7 Å². The zero-order chi connectivity index (χ0) is 13.1. The van der Waals surface area contributed by atoms with Crippen molar-refractivity contribution in [1.82, 2.24) is 16.2 Å². The fraction of sp³-hybridized carbons (Fsp3) is 0.800. The van der Waals surface area contributed by atoms with Crippen molar-refractivity contribution in [2.75, 3.05) is 20.3 Å². The third-order valence-electron chi connectivity index (χ3n) is 1.84. The zero-order valence-corrected chi connectivity index (χ0v) is 10.5. The molecule has 100 valence electrons. The second kappa shape index (κ2) is 9.86. The number of ether oxygens (including phenoxy) is 2. The van der Waals surface area contributed by atoms with Crippen molar-refractivity contribution in [2.24, 2.45) is 0 Å². The Morgan fingerprint density at radius 2 is 1.94 bits per heavy atom. The minimum Gasteiger partial charge on any atom is -0.356 e. The fourth-order valence-corrected chi connectivity index (χ4v) is 1.04. The third-order valence-corrected chi connectivity index (χ3v) is 1.84. The Kier molecular flexibility index (Phi) is 9.08. The summed E-state index contributed by atoms with van der Waals surface area (Å²) in [6, 6.07) is -0.460. The molecular weight excluding hydrogens is 226 g/mol. The van der Waals surface area contributed by atoms with E-state index in [9.17, 15) is 9.59 Å². The molecule has 1 unspecified atom stereocenters. The van der Waals surface area contributed by atoms with Crippen LogP contribution in [0.15, 0.2) is 0 Å². The van der Waals surface area contributed by atoms with E-state index >= 15 is 0 Å². The molecule has 1 atom stereocenters. The predicted octanol–water partition coefficient (Wildman–Crippen LogP) is 0.126. The molecule has 0 aromatic heterocycles. The minimum absolute atomic E-state index is 0.162.